The molecule has 1 amide bonds. The van der Waals surface area contributed by atoms with Crippen LogP contribution in [0.1, 0.15) is 10.4 Å². The van der Waals surface area contributed by atoms with Crippen LogP contribution in [0.25, 0.3) is 10.9 Å². The highest BCUT2D eigenvalue weighted by Crippen LogP contribution is 2.17. The highest BCUT2D eigenvalue weighted by Gasteiger charge is 2.08. The molecule has 0 radical (unpaired) electrons. The largest absolute Gasteiger partial charge is 0.351 e. The Morgan fingerprint density at radius 1 is 1.39 bits per heavy atom. The van der Waals surface area contributed by atoms with Crippen LogP contribution in [0.5, 0.6) is 0 Å². The Bertz CT molecular complexity index is 697. The minimum absolute atomic E-state index is 0.139. The van der Waals surface area contributed by atoms with E-state index in [1.165, 1.54) is 0 Å². The van der Waals surface area contributed by atoms with Gasteiger partial charge in [0.2, 0.25) is 0 Å². The summed E-state index contributed by atoms with van der Waals surface area (Å²) in [5.41, 5.74) is 2.33. The fourth-order valence-corrected chi connectivity index (χ4v) is 1.93. The maximum atomic E-state index is 12.0. The predicted octanol–water partition coefficient (Wildman–Crippen LogP) is 2.15. The summed E-state index contributed by atoms with van der Waals surface area (Å²) >= 11 is 0. The Morgan fingerprint density at radius 3 is 3.06 bits per heavy atom. The van der Waals surface area contributed by atoms with Crippen LogP contribution in [0.4, 0.5) is 5.69 Å². The molecule has 3 rings (SSSR count). The molecule has 0 bridgehead atoms. The molecule has 1 aromatic carbocycles. The van der Waals surface area contributed by atoms with Crippen molar-refractivity contribution >= 4 is 22.5 Å². The smallest absolute Gasteiger partial charge is 0.255 e. The Balaban J connectivity index is 1.93. The zero-order valence-corrected chi connectivity index (χ0v) is 9.84. The van der Waals surface area contributed by atoms with Crippen LogP contribution < -0.4 is 5.32 Å². The number of aromatic nitrogens is 3. The van der Waals surface area contributed by atoms with Gasteiger partial charge in [-0.25, -0.2) is 0 Å². The number of H-pyrrole nitrogens is 1. The van der Waals surface area contributed by atoms with Crippen LogP contribution in [-0.4, -0.2) is 20.7 Å². The third-order valence-corrected chi connectivity index (χ3v) is 2.91. The van der Waals surface area contributed by atoms with E-state index >= 15 is 0 Å². The van der Waals surface area contributed by atoms with E-state index in [1.54, 1.807) is 12.4 Å². The highest BCUT2D eigenvalue weighted by molar-refractivity contribution is 6.06. The van der Waals surface area contributed by atoms with Crippen LogP contribution in [-0.2, 0) is 7.05 Å². The average Bonchev–Trinajstić information content (AvgIpc) is 3.00. The Labute approximate surface area is 103 Å². The lowest BCUT2D eigenvalue weighted by Gasteiger charge is -2.03. The molecule has 2 N–H and O–H groups in total. The van der Waals surface area contributed by atoms with Gasteiger partial charge >= 0.3 is 0 Å². The quantitative estimate of drug-likeness (QED) is 0.721. The fraction of sp³-hybridized carbons (Fsp3) is 0.0769. The maximum absolute atomic E-state index is 12.0. The van der Waals surface area contributed by atoms with Gasteiger partial charge in [-0.2, -0.15) is 5.10 Å². The van der Waals surface area contributed by atoms with E-state index < -0.39 is 0 Å². The van der Waals surface area contributed by atoms with Crippen LogP contribution in [0.3, 0.4) is 0 Å². The standard InChI is InChI=1S/C13H12N4O/c1-17-5-4-9-2-3-10(6-12(9)17)13(18)16-11-7-14-15-8-11/h2-8H,1H3,(H,14,15)(H,16,18). The van der Waals surface area contributed by atoms with Gasteiger partial charge in [-0.05, 0) is 23.6 Å². The summed E-state index contributed by atoms with van der Waals surface area (Å²) < 4.78 is 1.99. The van der Waals surface area contributed by atoms with Gasteiger partial charge in [0.25, 0.3) is 5.91 Å². The molecule has 0 aliphatic carbocycles. The number of hydrogen-bond donors (Lipinski definition) is 2. The molecule has 5 nitrogen and oxygen atoms in total. The minimum Gasteiger partial charge on any atom is -0.351 e. The molecule has 90 valence electrons. The molecule has 0 unspecified atom stereocenters. The van der Waals surface area contributed by atoms with Gasteiger partial charge in [0, 0.05) is 30.5 Å². The van der Waals surface area contributed by atoms with Crippen molar-refractivity contribution in [2.75, 3.05) is 5.32 Å². The number of nitrogens with one attached hydrogen (secondary N) is 2. The number of hydrogen-bond acceptors (Lipinski definition) is 2. The molecule has 0 aliphatic heterocycles. The fourth-order valence-electron chi connectivity index (χ4n) is 1.93. The molecule has 0 spiro atoms. The van der Waals surface area contributed by atoms with Crippen molar-refractivity contribution in [1.82, 2.24) is 14.8 Å². The van der Waals surface area contributed by atoms with E-state index in [1.807, 2.05) is 42.1 Å². The summed E-state index contributed by atoms with van der Waals surface area (Å²) in [5, 5.41) is 10.3. The lowest BCUT2D eigenvalue weighted by molar-refractivity contribution is 0.102. The molecule has 0 fully saturated rings. The normalized spacial score (nSPS) is 10.7. The first kappa shape index (κ1) is 10.6. The van der Waals surface area contributed by atoms with Gasteiger partial charge in [-0.1, -0.05) is 6.07 Å². The number of anilines is 1. The second-order valence-corrected chi connectivity index (χ2v) is 4.14. The number of rotatable bonds is 2. The molecule has 0 saturated heterocycles. The van der Waals surface area contributed by atoms with Gasteiger partial charge in [0.15, 0.2) is 0 Å². The summed E-state index contributed by atoms with van der Waals surface area (Å²) in [6.07, 6.45) is 5.18. The number of nitrogens with zero attached hydrogens (tertiary/aromatic N) is 2. The van der Waals surface area contributed by atoms with Crippen molar-refractivity contribution in [3.8, 4) is 0 Å². The molecule has 3 aromatic rings. The molecule has 5 heteroatoms. The molecule has 2 aromatic heterocycles. The number of carbonyl (C=O) groups excluding carboxylic acids is 1. The number of fused-ring (bicyclic) bond motifs is 1. The first-order chi connectivity index (χ1) is 8.74. The second-order valence-electron chi connectivity index (χ2n) is 4.14. The van der Waals surface area contributed by atoms with Crippen molar-refractivity contribution in [2.24, 2.45) is 7.05 Å². The highest BCUT2D eigenvalue weighted by atomic mass is 16.1. The number of aromatic amines is 1. The number of benzene rings is 1. The van der Waals surface area contributed by atoms with Gasteiger partial charge < -0.3 is 9.88 Å². The Morgan fingerprint density at radius 2 is 2.28 bits per heavy atom. The van der Waals surface area contributed by atoms with Crippen LogP contribution >= 0.6 is 0 Å². The first-order valence-electron chi connectivity index (χ1n) is 5.59. The number of amides is 1. The topological polar surface area (TPSA) is 62.7 Å². The summed E-state index contributed by atoms with van der Waals surface area (Å²) in [6.45, 7) is 0. The van der Waals surface area contributed by atoms with Crippen LogP contribution in [0.2, 0.25) is 0 Å². The van der Waals surface area contributed by atoms with Crippen molar-refractivity contribution in [2.45, 2.75) is 0 Å². The van der Waals surface area contributed by atoms with E-state index in [-0.39, 0.29) is 5.91 Å². The van der Waals surface area contributed by atoms with Crippen molar-refractivity contribution in [3.05, 3.63) is 48.4 Å². The molecular weight excluding hydrogens is 228 g/mol. The lowest BCUT2D eigenvalue weighted by Crippen LogP contribution is -2.11. The molecule has 0 saturated carbocycles. The molecule has 2 heterocycles. The zero-order valence-electron chi connectivity index (χ0n) is 9.84. The molecule has 0 atom stereocenters. The van der Waals surface area contributed by atoms with Gasteiger partial charge in [0.05, 0.1) is 11.9 Å². The first-order valence-corrected chi connectivity index (χ1v) is 5.59. The Kier molecular flexibility index (Phi) is 2.37. The molecule has 18 heavy (non-hydrogen) atoms. The SMILES string of the molecule is Cn1ccc2ccc(C(=O)Nc3cn[nH]c3)cc21. The second kappa shape index (κ2) is 4.03. The Hall–Kier alpha value is -2.56. The average molecular weight is 240 g/mol. The van der Waals surface area contributed by atoms with Crippen molar-refractivity contribution in [3.63, 3.8) is 0 Å². The maximum Gasteiger partial charge on any atom is 0.255 e. The van der Waals surface area contributed by atoms with E-state index in [9.17, 15) is 4.79 Å². The summed E-state index contributed by atoms with van der Waals surface area (Å²) in [6, 6.07) is 7.66. The van der Waals surface area contributed by atoms with E-state index in [0.717, 1.165) is 10.9 Å². The van der Waals surface area contributed by atoms with Gasteiger partial charge in [-0.15, -0.1) is 0 Å². The van der Waals surface area contributed by atoms with E-state index in [4.69, 9.17) is 0 Å². The molecule has 0 aliphatic rings. The van der Waals surface area contributed by atoms with Gasteiger partial charge in [-0.3, -0.25) is 9.89 Å². The third kappa shape index (κ3) is 1.75. The zero-order chi connectivity index (χ0) is 12.5. The third-order valence-electron chi connectivity index (χ3n) is 2.91. The summed E-state index contributed by atoms with van der Waals surface area (Å²) in [4.78, 5) is 12.0. The van der Waals surface area contributed by atoms with Gasteiger partial charge in [0.1, 0.15) is 0 Å². The molecular formula is C13H12N4O. The summed E-state index contributed by atoms with van der Waals surface area (Å²) in [5.74, 6) is -0.139. The van der Waals surface area contributed by atoms with E-state index in [2.05, 4.69) is 15.5 Å². The lowest BCUT2D eigenvalue weighted by atomic mass is 10.1. The van der Waals surface area contributed by atoms with Crippen LogP contribution in [0, 0.1) is 0 Å². The predicted molar refractivity (Wildman–Crippen MR) is 69.5 cm³/mol. The minimum atomic E-state index is -0.139. The number of aryl methyl sites for hydroxylation is 1. The monoisotopic (exact) mass is 240 g/mol. The van der Waals surface area contributed by atoms with Crippen LogP contribution in [0.15, 0.2) is 42.9 Å². The summed E-state index contributed by atoms with van der Waals surface area (Å²) in [7, 11) is 1.96. The van der Waals surface area contributed by atoms with Crippen molar-refractivity contribution in [1.29, 1.82) is 0 Å². The van der Waals surface area contributed by atoms with Crippen molar-refractivity contribution < 1.29 is 4.79 Å². The van der Waals surface area contributed by atoms with E-state index in [0.29, 0.717) is 11.3 Å². The number of carbonyl (C=O) groups is 1.